The molecule has 0 saturated carbocycles. The Hall–Kier alpha value is -2.81. The number of methoxy groups -OCH3 is 1. The molecule has 0 spiro atoms. The summed E-state index contributed by atoms with van der Waals surface area (Å²) in [6.45, 7) is 4.10. The molecule has 2 aromatic carbocycles. The van der Waals surface area contributed by atoms with Crippen LogP contribution in [-0.2, 0) is 9.53 Å². The van der Waals surface area contributed by atoms with Crippen LogP contribution in [0.1, 0.15) is 22.3 Å². The van der Waals surface area contributed by atoms with Gasteiger partial charge < -0.3 is 9.47 Å². The number of esters is 1. The molecule has 1 aliphatic rings. The molecule has 0 aromatic heterocycles. The summed E-state index contributed by atoms with van der Waals surface area (Å²) in [5, 5.41) is 0. The second-order valence-electron chi connectivity index (χ2n) is 5.57. The topological polar surface area (TPSA) is 35.5 Å². The molecule has 0 unspecified atom stereocenters. The second kappa shape index (κ2) is 6.13. The maximum atomic E-state index is 12.1. The summed E-state index contributed by atoms with van der Waals surface area (Å²) in [7, 11) is 1.62. The maximum absolute atomic E-state index is 12.1. The summed E-state index contributed by atoms with van der Waals surface area (Å²) < 4.78 is 10.6. The quantitative estimate of drug-likeness (QED) is 0.627. The molecule has 2 aromatic rings. The van der Waals surface area contributed by atoms with Crippen LogP contribution in [0.4, 0.5) is 0 Å². The zero-order chi connectivity index (χ0) is 16.4. The molecular weight excluding hydrogens is 288 g/mol. The molecule has 0 atom stereocenters. The van der Waals surface area contributed by atoms with E-state index in [2.05, 4.69) is 6.92 Å². The number of ether oxygens (including phenoxy) is 2. The Morgan fingerprint density at radius 1 is 1.04 bits per heavy atom. The van der Waals surface area contributed by atoms with Crippen molar-refractivity contribution in [1.29, 1.82) is 0 Å². The van der Waals surface area contributed by atoms with Crippen molar-refractivity contribution in [3.05, 3.63) is 76.4 Å². The third-order valence-corrected chi connectivity index (χ3v) is 3.93. The molecule has 1 heterocycles. The van der Waals surface area contributed by atoms with Gasteiger partial charge in [-0.3, -0.25) is 0 Å². The van der Waals surface area contributed by atoms with E-state index >= 15 is 0 Å². The van der Waals surface area contributed by atoms with Gasteiger partial charge in [-0.2, -0.15) is 0 Å². The highest BCUT2D eigenvalue weighted by Crippen LogP contribution is 2.29. The highest BCUT2D eigenvalue weighted by atomic mass is 16.5. The third kappa shape index (κ3) is 3.19. The Kier molecular flexibility index (Phi) is 4.02. The zero-order valence-corrected chi connectivity index (χ0v) is 13.4. The Morgan fingerprint density at radius 2 is 1.87 bits per heavy atom. The Bertz CT molecular complexity index is 829. The van der Waals surface area contributed by atoms with Gasteiger partial charge in [-0.1, -0.05) is 24.3 Å². The molecule has 0 N–H and O–H groups in total. The fraction of sp³-hybridized carbons (Fsp3) is 0.150. The lowest BCUT2D eigenvalue weighted by Gasteiger charge is -2.05. The van der Waals surface area contributed by atoms with Gasteiger partial charge in [0.25, 0.3) is 0 Å². The van der Waals surface area contributed by atoms with Crippen molar-refractivity contribution < 1.29 is 14.3 Å². The van der Waals surface area contributed by atoms with Crippen molar-refractivity contribution in [2.75, 3.05) is 7.11 Å². The maximum Gasteiger partial charge on any atom is 0.343 e. The average molecular weight is 306 g/mol. The van der Waals surface area contributed by atoms with Gasteiger partial charge >= 0.3 is 5.97 Å². The van der Waals surface area contributed by atoms with Gasteiger partial charge in [0, 0.05) is 5.56 Å². The molecule has 0 fully saturated rings. The van der Waals surface area contributed by atoms with Crippen LogP contribution < -0.4 is 4.74 Å². The largest absolute Gasteiger partial charge is 0.497 e. The number of rotatable bonds is 3. The van der Waals surface area contributed by atoms with Crippen molar-refractivity contribution >= 4 is 17.8 Å². The number of aryl methyl sites for hydroxylation is 2. The van der Waals surface area contributed by atoms with E-state index in [4.69, 9.17) is 9.47 Å². The lowest BCUT2D eigenvalue weighted by molar-refractivity contribution is -0.130. The summed E-state index contributed by atoms with van der Waals surface area (Å²) in [4.78, 5) is 12.1. The standard InChI is InChI=1S/C20H18O3/c1-13-7-8-16(9-14(13)2)19-12-17(20(21)23-19)10-15-5-4-6-18(11-15)22-3/h4-12H,1-3H3/b17-10+. The van der Waals surface area contributed by atoms with Gasteiger partial charge in [-0.25, -0.2) is 4.79 Å². The molecule has 0 bridgehead atoms. The van der Waals surface area contributed by atoms with E-state index < -0.39 is 0 Å². The van der Waals surface area contributed by atoms with Gasteiger partial charge in [0.05, 0.1) is 12.7 Å². The van der Waals surface area contributed by atoms with Crippen molar-refractivity contribution in [1.82, 2.24) is 0 Å². The summed E-state index contributed by atoms with van der Waals surface area (Å²) in [5.74, 6) is 1.01. The molecular formula is C20H18O3. The van der Waals surface area contributed by atoms with E-state index in [1.54, 1.807) is 19.3 Å². The average Bonchev–Trinajstić information content (AvgIpc) is 2.91. The minimum atomic E-state index is -0.332. The van der Waals surface area contributed by atoms with Crippen LogP contribution in [0.15, 0.2) is 54.1 Å². The van der Waals surface area contributed by atoms with Crippen molar-refractivity contribution in [2.24, 2.45) is 0 Å². The van der Waals surface area contributed by atoms with Crippen molar-refractivity contribution in [3.63, 3.8) is 0 Å². The number of carbonyl (C=O) groups is 1. The Balaban J connectivity index is 1.94. The summed E-state index contributed by atoms with van der Waals surface area (Å²) in [5.41, 5.74) is 4.73. The predicted octanol–water partition coefficient (Wildman–Crippen LogP) is 4.29. The van der Waals surface area contributed by atoms with Crippen molar-refractivity contribution in [3.8, 4) is 5.75 Å². The summed E-state index contributed by atoms with van der Waals surface area (Å²) in [6.07, 6.45) is 3.59. The first-order valence-electron chi connectivity index (χ1n) is 7.44. The molecule has 0 amide bonds. The Labute approximate surface area is 135 Å². The van der Waals surface area contributed by atoms with E-state index in [1.807, 2.05) is 49.4 Å². The van der Waals surface area contributed by atoms with Crippen molar-refractivity contribution in [2.45, 2.75) is 13.8 Å². The van der Waals surface area contributed by atoms with Crippen LogP contribution >= 0.6 is 0 Å². The molecule has 1 aliphatic heterocycles. The van der Waals surface area contributed by atoms with E-state index in [9.17, 15) is 4.79 Å². The number of hydrogen-bond donors (Lipinski definition) is 0. The first-order valence-corrected chi connectivity index (χ1v) is 7.44. The molecule has 0 radical (unpaired) electrons. The van der Waals surface area contributed by atoms with E-state index in [-0.39, 0.29) is 5.97 Å². The summed E-state index contributed by atoms with van der Waals surface area (Å²) in [6, 6.07) is 13.6. The lowest BCUT2D eigenvalue weighted by Crippen LogP contribution is -1.97. The van der Waals surface area contributed by atoms with Gasteiger partial charge in [0.15, 0.2) is 0 Å². The highest BCUT2D eigenvalue weighted by molar-refractivity contribution is 6.05. The van der Waals surface area contributed by atoms with Gasteiger partial charge in [-0.15, -0.1) is 0 Å². The molecule has 3 heteroatoms. The van der Waals surface area contributed by atoms with Gasteiger partial charge in [0.1, 0.15) is 11.5 Å². The summed E-state index contributed by atoms with van der Waals surface area (Å²) >= 11 is 0. The smallest absolute Gasteiger partial charge is 0.343 e. The number of hydrogen-bond acceptors (Lipinski definition) is 3. The SMILES string of the molecule is COc1cccc(/C=C2\C=C(c3ccc(C)c(C)c3)OC2=O)c1. The fourth-order valence-corrected chi connectivity index (χ4v) is 2.44. The first kappa shape index (κ1) is 15.1. The normalized spacial score (nSPS) is 15.5. The second-order valence-corrected chi connectivity index (χ2v) is 5.57. The van der Waals surface area contributed by atoms with Crippen LogP contribution in [0.5, 0.6) is 5.75 Å². The van der Waals surface area contributed by atoms with Crippen LogP contribution in [0.3, 0.4) is 0 Å². The molecule has 0 saturated heterocycles. The zero-order valence-electron chi connectivity index (χ0n) is 13.4. The predicted molar refractivity (Wildman–Crippen MR) is 91.0 cm³/mol. The third-order valence-electron chi connectivity index (χ3n) is 3.93. The fourth-order valence-electron chi connectivity index (χ4n) is 2.44. The molecule has 3 nitrogen and oxygen atoms in total. The van der Waals surface area contributed by atoms with Crippen LogP contribution in [0.2, 0.25) is 0 Å². The minimum absolute atomic E-state index is 0.332. The minimum Gasteiger partial charge on any atom is -0.497 e. The monoisotopic (exact) mass is 306 g/mol. The number of cyclic esters (lactones) is 1. The number of carbonyl (C=O) groups excluding carboxylic acids is 1. The lowest BCUT2D eigenvalue weighted by atomic mass is 10.0. The van der Waals surface area contributed by atoms with E-state index in [1.165, 1.54) is 11.1 Å². The van der Waals surface area contributed by atoms with Gasteiger partial charge in [-0.05, 0) is 60.9 Å². The van der Waals surface area contributed by atoms with E-state index in [0.29, 0.717) is 11.3 Å². The number of benzene rings is 2. The molecule has 23 heavy (non-hydrogen) atoms. The molecule has 116 valence electrons. The Morgan fingerprint density at radius 3 is 2.61 bits per heavy atom. The molecule has 0 aliphatic carbocycles. The highest BCUT2D eigenvalue weighted by Gasteiger charge is 2.22. The molecule has 3 rings (SSSR count). The van der Waals surface area contributed by atoms with Gasteiger partial charge in [0.2, 0.25) is 0 Å². The van der Waals surface area contributed by atoms with Crippen LogP contribution in [-0.4, -0.2) is 13.1 Å². The first-order chi connectivity index (χ1) is 11.1. The van der Waals surface area contributed by atoms with Crippen LogP contribution in [0.25, 0.3) is 11.8 Å². The van der Waals surface area contributed by atoms with Crippen LogP contribution in [0, 0.1) is 13.8 Å². The van der Waals surface area contributed by atoms with E-state index in [0.717, 1.165) is 16.9 Å².